The number of fused-ring (bicyclic) bond motifs is 1. The second kappa shape index (κ2) is 6.17. The number of aromatic nitrogens is 1. The van der Waals surface area contributed by atoms with Crippen LogP contribution in [0, 0.1) is 0 Å². The zero-order chi connectivity index (χ0) is 17.7. The highest BCUT2D eigenvalue weighted by Crippen LogP contribution is 2.43. The molecule has 1 amide bonds. The van der Waals surface area contributed by atoms with Gasteiger partial charge in [-0.05, 0) is 29.3 Å². The number of ether oxygens (including phenoxy) is 1. The monoisotopic (exact) mass is 410 g/mol. The second-order valence-corrected chi connectivity index (χ2v) is 7.92. The van der Waals surface area contributed by atoms with Crippen LogP contribution in [-0.4, -0.2) is 14.8 Å². The Kier molecular flexibility index (Phi) is 4.11. The van der Waals surface area contributed by atoms with E-state index in [0.717, 1.165) is 5.56 Å². The van der Waals surface area contributed by atoms with Gasteiger partial charge in [0.25, 0.3) is 11.5 Å². The van der Waals surface area contributed by atoms with Crippen LogP contribution in [0.3, 0.4) is 0 Å². The second-order valence-electron chi connectivity index (χ2n) is 5.39. The number of nitrogens with one attached hydrogen (secondary N) is 1. The van der Waals surface area contributed by atoms with Crippen LogP contribution in [0.2, 0.25) is 10.0 Å². The maximum absolute atomic E-state index is 12.1. The lowest BCUT2D eigenvalue weighted by atomic mass is 10.1. The lowest BCUT2D eigenvalue weighted by Gasteiger charge is -2.10. The molecule has 25 heavy (non-hydrogen) atoms. The highest BCUT2D eigenvalue weighted by Gasteiger charge is 2.24. The summed E-state index contributed by atoms with van der Waals surface area (Å²) in [6, 6.07) is 4.78. The van der Waals surface area contributed by atoms with E-state index in [9.17, 15) is 9.59 Å². The summed E-state index contributed by atoms with van der Waals surface area (Å²) in [4.78, 5) is 24.5. The summed E-state index contributed by atoms with van der Waals surface area (Å²) in [5.41, 5.74) is 1.25. The summed E-state index contributed by atoms with van der Waals surface area (Å²) in [5.74, 6) is 1.02. The maximum Gasteiger partial charge on any atom is 0.263 e. The Bertz CT molecular complexity index is 1050. The Labute approximate surface area is 161 Å². The van der Waals surface area contributed by atoms with Gasteiger partial charge < -0.3 is 14.6 Å². The van der Waals surface area contributed by atoms with Crippen LogP contribution in [0.15, 0.2) is 34.1 Å². The van der Waals surface area contributed by atoms with Crippen molar-refractivity contribution in [3.05, 3.63) is 60.8 Å². The fourth-order valence-electron chi connectivity index (χ4n) is 2.43. The van der Waals surface area contributed by atoms with E-state index in [1.165, 1.54) is 22.4 Å². The average Bonchev–Trinajstić information content (AvgIpc) is 3.21. The summed E-state index contributed by atoms with van der Waals surface area (Å²) < 4.78 is 7.07. The van der Waals surface area contributed by atoms with Gasteiger partial charge in [-0.3, -0.25) is 9.59 Å². The predicted molar refractivity (Wildman–Crippen MR) is 103 cm³/mol. The smallest absolute Gasteiger partial charge is 0.263 e. The third kappa shape index (κ3) is 3.32. The molecular formula is C16H8Cl2N2O3S2. The molecule has 2 aliphatic rings. The van der Waals surface area contributed by atoms with Crippen LogP contribution in [0.4, 0.5) is 0 Å². The first-order chi connectivity index (χ1) is 11.9. The molecule has 4 rings (SSSR count). The van der Waals surface area contributed by atoms with E-state index in [1.807, 2.05) is 0 Å². The van der Waals surface area contributed by atoms with Crippen LogP contribution >= 0.6 is 47.2 Å². The minimum absolute atomic E-state index is 0.185. The molecule has 1 fully saturated rings. The Hall–Kier alpha value is -1.80. The van der Waals surface area contributed by atoms with Gasteiger partial charge in [0.2, 0.25) is 0 Å². The number of benzene rings is 1. The Morgan fingerprint density at radius 2 is 1.96 bits per heavy atom. The van der Waals surface area contributed by atoms with E-state index in [1.54, 1.807) is 24.4 Å². The molecule has 0 bridgehead atoms. The van der Waals surface area contributed by atoms with Crippen molar-refractivity contribution in [2.45, 2.75) is 6.54 Å². The van der Waals surface area contributed by atoms with Crippen molar-refractivity contribution in [3.8, 4) is 11.5 Å². The van der Waals surface area contributed by atoms with Crippen molar-refractivity contribution in [1.29, 1.82) is 0 Å². The summed E-state index contributed by atoms with van der Waals surface area (Å²) in [6.45, 7) is 0.266. The van der Waals surface area contributed by atoms with Gasteiger partial charge in [0.15, 0.2) is 11.5 Å². The maximum atomic E-state index is 12.1. The van der Waals surface area contributed by atoms with Crippen molar-refractivity contribution in [2.75, 3.05) is 0 Å². The Morgan fingerprint density at radius 3 is 2.68 bits per heavy atom. The highest BCUT2D eigenvalue weighted by molar-refractivity contribution is 8.26. The number of pyridine rings is 1. The number of amides is 1. The largest absolute Gasteiger partial charge is 0.448 e. The molecular weight excluding hydrogens is 403 g/mol. The third-order valence-corrected chi connectivity index (χ3v) is 5.57. The molecule has 0 spiro atoms. The molecule has 2 aromatic rings. The van der Waals surface area contributed by atoms with Crippen LogP contribution in [0.25, 0.3) is 6.08 Å². The SMILES string of the molecule is O=C1NC(=S)SC1=Cc1cc(Cl)c(Cl)cc1Cn1cc2c(cc1=O)O2. The molecule has 5 nitrogen and oxygen atoms in total. The number of hydrogen-bond acceptors (Lipinski definition) is 5. The number of rotatable bonds is 3. The molecule has 3 heterocycles. The topological polar surface area (TPSA) is 63.6 Å². The van der Waals surface area contributed by atoms with Gasteiger partial charge in [-0.2, -0.15) is 0 Å². The lowest BCUT2D eigenvalue weighted by Crippen LogP contribution is -2.18. The summed E-state index contributed by atoms with van der Waals surface area (Å²) >= 11 is 18.4. The Morgan fingerprint density at radius 1 is 1.20 bits per heavy atom. The normalized spacial score (nSPS) is 16.6. The first kappa shape index (κ1) is 16.7. The number of thiocarbonyl (C=S) groups is 1. The van der Waals surface area contributed by atoms with E-state index < -0.39 is 0 Å². The predicted octanol–water partition coefficient (Wildman–Crippen LogP) is 3.80. The van der Waals surface area contributed by atoms with E-state index in [4.69, 9.17) is 40.2 Å². The van der Waals surface area contributed by atoms with Crippen LogP contribution in [-0.2, 0) is 11.3 Å². The number of carbonyl (C=O) groups is 1. The van der Waals surface area contributed by atoms with E-state index in [2.05, 4.69) is 5.32 Å². The zero-order valence-corrected chi connectivity index (χ0v) is 15.5. The third-order valence-electron chi connectivity index (χ3n) is 3.68. The fraction of sp³-hybridized carbons (Fsp3) is 0.0625. The standard InChI is InChI=1S/C16H8Cl2N2O3S2/c17-9-1-7(3-13-15(22)19-16(24)25-13)8(2-10(9)18)5-20-6-12-11(23-12)4-14(20)21/h1-4,6H,5H2,(H,19,22,24). The summed E-state index contributed by atoms with van der Waals surface area (Å²) in [7, 11) is 0. The van der Waals surface area contributed by atoms with Crippen LogP contribution in [0.1, 0.15) is 11.1 Å². The van der Waals surface area contributed by atoms with E-state index in [0.29, 0.717) is 36.3 Å². The van der Waals surface area contributed by atoms with Gasteiger partial charge in [-0.15, -0.1) is 0 Å². The van der Waals surface area contributed by atoms with Crippen molar-refractivity contribution in [2.24, 2.45) is 0 Å². The lowest BCUT2D eigenvalue weighted by molar-refractivity contribution is -0.115. The zero-order valence-electron chi connectivity index (χ0n) is 12.3. The van der Waals surface area contributed by atoms with Gasteiger partial charge in [0, 0.05) is 0 Å². The molecule has 1 saturated heterocycles. The van der Waals surface area contributed by atoms with Gasteiger partial charge in [-0.25, -0.2) is 0 Å². The highest BCUT2D eigenvalue weighted by atomic mass is 35.5. The minimum Gasteiger partial charge on any atom is -0.448 e. The van der Waals surface area contributed by atoms with E-state index >= 15 is 0 Å². The number of hydrogen-bond donors (Lipinski definition) is 1. The van der Waals surface area contributed by atoms with Gasteiger partial charge in [0.1, 0.15) is 4.32 Å². The molecule has 0 unspecified atom stereocenters. The molecule has 2 aliphatic heterocycles. The Balaban J connectivity index is 1.76. The molecule has 9 heteroatoms. The molecule has 1 N–H and O–H groups in total. The fourth-order valence-corrected chi connectivity index (χ4v) is 3.82. The van der Waals surface area contributed by atoms with Gasteiger partial charge in [0.05, 0.1) is 33.8 Å². The molecule has 0 radical (unpaired) electrons. The first-order valence-electron chi connectivity index (χ1n) is 7.06. The molecule has 0 aliphatic carbocycles. The average molecular weight is 411 g/mol. The summed E-state index contributed by atoms with van der Waals surface area (Å²) in [6.07, 6.45) is 3.33. The minimum atomic E-state index is -0.262. The van der Waals surface area contributed by atoms with Crippen molar-refractivity contribution in [1.82, 2.24) is 9.88 Å². The van der Waals surface area contributed by atoms with Crippen molar-refractivity contribution < 1.29 is 9.53 Å². The van der Waals surface area contributed by atoms with Crippen LogP contribution < -0.4 is 15.6 Å². The molecule has 0 atom stereocenters. The van der Waals surface area contributed by atoms with Gasteiger partial charge in [-0.1, -0.05) is 47.2 Å². The number of nitrogens with zero attached hydrogens (tertiary/aromatic N) is 1. The number of halogens is 2. The van der Waals surface area contributed by atoms with Crippen LogP contribution in [0.5, 0.6) is 11.5 Å². The summed E-state index contributed by atoms with van der Waals surface area (Å²) in [5, 5.41) is 3.29. The molecule has 1 aromatic carbocycles. The van der Waals surface area contributed by atoms with Crippen molar-refractivity contribution in [3.63, 3.8) is 0 Å². The number of thioether (sulfide) groups is 1. The number of carbonyl (C=O) groups excluding carboxylic acids is 1. The first-order valence-corrected chi connectivity index (χ1v) is 9.04. The quantitative estimate of drug-likeness (QED) is 0.404. The van der Waals surface area contributed by atoms with Crippen molar-refractivity contribution >= 4 is 63.5 Å². The molecule has 126 valence electrons. The van der Waals surface area contributed by atoms with Gasteiger partial charge >= 0.3 is 0 Å². The van der Waals surface area contributed by atoms with E-state index in [-0.39, 0.29) is 18.0 Å². The molecule has 1 aromatic heterocycles. The molecule has 0 saturated carbocycles.